The molecule has 1 unspecified atom stereocenters. The van der Waals surface area contributed by atoms with Crippen LogP contribution in [0.1, 0.15) is 61.0 Å². The molecule has 1 aromatic rings. The molecule has 0 fully saturated rings. The number of Topliss-reactive ketones (excluding diaryl/α,β-unsaturated/α-hetero) is 1. The molecule has 0 bridgehead atoms. The van der Waals surface area contributed by atoms with Crippen molar-refractivity contribution in [1.82, 2.24) is 5.32 Å². The van der Waals surface area contributed by atoms with Gasteiger partial charge in [-0.25, -0.2) is 0 Å². The topological polar surface area (TPSA) is 29.1 Å². The Kier molecular flexibility index (Phi) is 5.15. The molecule has 19 heavy (non-hydrogen) atoms. The smallest absolute Gasteiger partial charge is 0.164 e. The minimum absolute atomic E-state index is 0.268. The van der Waals surface area contributed by atoms with Crippen LogP contribution in [0.3, 0.4) is 0 Å². The van der Waals surface area contributed by atoms with Crippen LogP contribution in [-0.2, 0) is 12.8 Å². The fourth-order valence-corrected chi connectivity index (χ4v) is 2.63. The van der Waals surface area contributed by atoms with Crippen LogP contribution in [0.15, 0.2) is 18.2 Å². The predicted molar refractivity (Wildman–Crippen MR) is 79.8 cm³/mol. The van der Waals surface area contributed by atoms with Crippen molar-refractivity contribution in [3.05, 3.63) is 34.9 Å². The van der Waals surface area contributed by atoms with E-state index in [0.717, 1.165) is 24.9 Å². The third-order valence-electron chi connectivity index (χ3n) is 4.13. The van der Waals surface area contributed by atoms with E-state index >= 15 is 0 Å². The lowest BCUT2D eigenvalue weighted by Crippen LogP contribution is -2.27. The van der Waals surface area contributed by atoms with Gasteiger partial charge in [0.25, 0.3) is 0 Å². The van der Waals surface area contributed by atoms with Gasteiger partial charge in [0.2, 0.25) is 0 Å². The molecular formula is C17H25NO. The molecular weight excluding hydrogens is 234 g/mol. The van der Waals surface area contributed by atoms with Gasteiger partial charge in [-0.3, -0.25) is 4.79 Å². The monoisotopic (exact) mass is 259 g/mol. The van der Waals surface area contributed by atoms with Gasteiger partial charge in [0.05, 0.1) is 0 Å². The molecule has 104 valence electrons. The van der Waals surface area contributed by atoms with E-state index in [4.69, 9.17) is 0 Å². The van der Waals surface area contributed by atoms with Gasteiger partial charge in [-0.2, -0.15) is 0 Å². The number of carbonyl (C=O) groups is 1. The van der Waals surface area contributed by atoms with Crippen LogP contribution >= 0.6 is 0 Å². The third kappa shape index (κ3) is 3.90. The average Bonchev–Trinajstić information content (AvgIpc) is 2.46. The molecule has 1 atom stereocenters. The molecule has 0 amide bonds. The van der Waals surface area contributed by atoms with Crippen LogP contribution in [0.25, 0.3) is 0 Å². The number of hydrogen-bond donors (Lipinski definition) is 1. The Morgan fingerprint density at radius 1 is 1.26 bits per heavy atom. The highest BCUT2D eigenvalue weighted by Crippen LogP contribution is 2.22. The molecule has 0 aromatic heterocycles. The first kappa shape index (κ1) is 14.3. The van der Waals surface area contributed by atoms with Crippen LogP contribution in [0.2, 0.25) is 0 Å². The Morgan fingerprint density at radius 3 is 2.74 bits per heavy atom. The molecule has 0 heterocycles. The predicted octanol–water partition coefficient (Wildman–Crippen LogP) is 3.53. The lowest BCUT2D eigenvalue weighted by molar-refractivity contribution is 0.0981. The highest BCUT2D eigenvalue weighted by molar-refractivity contribution is 5.96. The molecule has 1 aromatic carbocycles. The molecule has 0 aliphatic heterocycles. The minimum Gasteiger partial charge on any atom is -0.314 e. The van der Waals surface area contributed by atoms with Gasteiger partial charge in [0.15, 0.2) is 5.78 Å². The largest absolute Gasteiger partial charge is 0.314 e. The van der Waals surface area contributed by atoms with Gasteiger partial charge in [-0.1, -0.05) is 19.1 Å². The van der Waals surface area contributed by atoms with Crippen LogP contribution in [0.5, 0.6) is 0 Å². The number of nitrogens with one attached hydrogen (secondary N) is 1. The maximum Gasteiger partial charge on any atom is 0.164 e. The SMILES string of the molecule is CCC(C)NCCC(=O)c1ccc2c(c1)CCCC2. The second kappa shape index (κ2) is 6.85. The van der Waals surface area contributed by atoms with Crippen LogP contribution in [0.4, 0.5) is 0 Å². The molecule has 1 aliphatic rings. The second-order valence-electron chi connectivity index (χ2n) is 5.63. The molecule has 0 spiro atoms. The maximum atomic E-state index is 12.2. The summed E-state index contributed by atoms with van der Waals surface area (Å²) in [6.45, 7) is 5.09. The van der Waals surface area contributed by atoms with Crippen molar-refractivity contribution in [1.29, 1.82) is 0 Å². The second-order valence-corrected chi connectivity index (χ2v) is 5.63. The van der Waals surface area contributed by atoms with E-state index in [1.165, 1.54) is 30.4 Å². The van der Waals surface area contributed by atoms with Crippen molar-refractivity contribution in [2.75, 3.05) is 6.54 Å². The van der Waals surface area contributed by atoms with Crippen molar-refractivity contribution in [3.8, 4) is 0 Å². The summed E-state index contributed by atoms with van der Waals surface area (Å²) < 4.78 is 0. The molecule has 1 aliphatic carbocycles. The molecule has 2 heteroatoms. The van der Waals surface area contributed by atoms with Gasteiger partial charge in [-0.15, -0.1) is 0 Å². The summed E-state index contributed by atoms with van der Waals surface area (Å²) in [5.41, 5.74) is 3.74. The number of fused-ring (bicyclic) bond motifs is 1. The zero-order valence-corrected chi connectivity index (χ0v) is 12.2. The third-order valence-corrected chi connectivity index (χ3v) is 4.13. The highest BCUT2D eigenvalue weighted by atomic mass is 16.1. The molecule has 1 N–H and O–H groups in total. The van der Waals surface area contributed by atoms with E-state index in [1.807, 2.05) is 6.07 Å². The van der Waals surface area contributed by atoms with Gasteiger partial charge < -0.3 is 5.32 Å². The molecule has 0 radical (unpaired) electrons. The standard InChI is InChI=1S/C17H25NO/c1-3-13(2)18-11-10-17(19)16-9-8-14-6-4-5-7-15(14)12-16/h8-9,12-13,18H,3-7,10-11H2,1-2H3. The zero-order valence-electron chi connectivity index (χ0n) is 12.2. The van der Waals surface area contributed by atoms with Gasteiger partial charge in [-0.05, 0) is 56.2 Å². The molecule has 2 nitrogen and oxygen atoms in total. The van der Waals surface area contributed by atoms with E-state index in [1.54, 1.807) is 0 Å². The number of benzene rings is 1. The van der Waals surface area contributed by atoms with Crippen molar-refractivity contribution in [2.45, 2.75) is 58.4 Å². The van der Waals surface area contributed by atoms with E-state index < -0.39 is 0 Å². The van der Waals surface area contributed by atoms with Crippen LogP contribution < -0.4 is 5.32 Å². The van der Waals surface area contributed by atoms with E-state index in [2.05, 4.69) is 31.3 Å². The quantitative estimate of drug-likeness (QED) is 0.792. The Labute approximate surface area is 116 Å². The Bertz CT molecular complexity index is 439. The zero-order chi connectivity index (χ0) is 13.7. The Balaban J connectivity index is 1.92. The fourth-order valence-electron chi connectivity index (χ4n) is 2.63. The van der Waals surface area contributed by atoms with E-state index in [-0.39, 0.29) is 5.78 Å². The number of aryl methyl sites for hydroxylation is 2. The summed E-state index contributed by atoms with van der Waals surface area (Å²) in [5, 5.41) is 3.37. The Morgan fingerprint density at radius 2 is 2.00 bits per heavy atom. The van der Waals surface area contributed by atoms with Gasteiger partial charge in [0, 0.05) is 24.6 Å². The summed E-state index contributed by atoms with van der Waals surface area (Å²) in [7, 11) is 0. The first-order valence-corrected chi connectivity index (χ1v) is 7.59. The lowest BCUT2D eigenvalue weighted by atomic mass is 9.89. The Hall–Kier alpha value is -1.15. The summed E-state index contributed by atoms with van der Waals surface area (Å²) >= 11 is 0. The first-order valence-electron chi connectivity index (χ1n) is 7.59. The summed E-state index contributed by atoms with van der Waals surface area (Å²) in [5.74, 6) is 0.268. The summed E-state index contributed by atoms with van der Waals surface area (Å²) in [6.07, 6.45) is 6.58. The van der Waals surface area contributed by atoms with E-state index in [9.17, 15) is 4.79 Å². The first-order chi connectivity index (χ1) is 9.20. The van der Waals surface area contributed by atoms with Crippen LogP contribution in [-0.4, -0.2) is 18.4 Å². The van der Waals surface area contributed by atoms with Gasteiger partial charge in [0.1, 0.15) is 0 Å². The van der Waals surface area contributed by atoms with Gasteiger partial charge >= 0.3 is 0 Å². The highest BCUT2D eigenvalue weighted by Gasteiger charge is 2.12. The molecule has 0 saturated heterocycles. The fraction of sp³-hybridized carbons (Fsp3) is 0.588. The minimum atomic E-state index is 0.268. The van der Waals surface area contributed by atoms with Crippen LogP contribution in [0, 0.1) is 0 Å². The average molecular weight is 259 g/mol. The van der Waals surface area contributed by atoms with Crippen molar-refractivity contribution >= 4 is 5.78 Å². The number of hydrogen-bond acceptors (Lipinski definition) is 2. The molecule has 0 saturated carbocycles. The lowest BCUT2D eigenvalue weighted by Gasteiger charge is -2.16. The number of rotatable bonds is 6. The van der Waals surface area contributed by atoms with E-state index in [0.29, 0.717) is 12.5 Å². The number of ketones is 1. The number of carbonyl (C=O) groups excluding carboxylic acids is 1. The summed E-state index contributed by atoms with van der Waals surface area (Å²) in [4.78, 5) is 12.2. The maximum absolute atomic E-state index is 12.2. The summed E-state index contributed by atoms with van der Waals surface area (Å²) in [6, 6.07) is 6.79. The van der Waals surface area contributed by atoms with Crippen molar-refractivity contribution in [2.24, 2.45) is 0 Å². The normalized spacial score (nSPS) is 15.9. The molecule has 2 rings (SSSR count). The van der Waals surface area contributed by atoms with Crippen molar-refractivity contribution in [3.63, 3.8) is 0 Å². The van der Waals surface area contributed by atoms with Crippen molar-refractivity contribution < 1.29 is 4.79 Å².